The first-order valence-electron chi connectivity index (χ1n) is 6.97. The molecule has 0 aliphatic rings. The molecule has 0 fully saturated rings. The number of aromatic nitrogens is 1. The smallest absolute Gasteiger partial charge is 0.408 e. The van der Waals surface area contributed by atoms with Crippen LogP contribution in [-0.4, -0.2) is 13.0 Å². The van der Waals surface area contributed by atoms with E-state index < -0.39 is 15.8 Å². The molecule has 23 heavy (non-hydrogen) atoms. The van der Waals surface area contributed by atoms with Crippen molar-refractivity contribution in [1.82, 2.24) is 4.57 Å². The fourth-order valence-corrected chi connectivity index (χ4v) is 3.56. The zero-order valence-corrected chi connectivity index (χ0v) is 13.8. The van der Waals surface area contributed by atoms with Gasteiger partial charge in [0, 0.05) is 7.05 Å². The molecule has 0 spiro atoms. The van der Waals surface area contributed by atoms with Gasteiger partial charge in [-0.3, -0.25) is 9.29 Å². The Balaban J connectivity index is 2.05. The maximum absolute atomic E-state index is 12.6. The van der Waals surface area contributed by atoms with Crippen LogP contribution in [0.15, 0.2) is 50.5 Å². The van der Waals surface area contributed by atoms with Gasteiger partial charge in [-0.15, -0.1) is 0 Å². The average Bonchev–Trinajstić information content (AvgIpc) is 2.77. The number of hydrogen-bond donors (Lipinski definition) is 1. The number of anilines is 1. The molecule has 7 heteroatoms. The van der Waals surface area contributed by atoms with Crippen LogP contribution in [0.2, 0.25) is 0 Å². The number of fused-ring (bicyclic) bond motifs is 1. The van der Waals surface area contributed by atoms with Gasteiger partial charge in [-0.25, -0.2) is 13.2 Å². The Morgan fingerprint density at radius 2 is 1.83 bits per heavy atom. The lowest BCUT2D eigenvalue weighted by atomic mass is 10.1. The van der Waals surface area contributed by atoms with E-state index in [4.69, 9.17) is 4.42 Å². The van der Waals surface area contributed by atoms with Gasteiger partial charge in [0.15, 0.2) is 5.58 Å². The van der Waals surface area contributed by atoms with Crippen LogP contribution in [-0.2, 0) is 17.1 Å². The summed E-state index contributed by atoms with van der Waals surface area (Å²) in [6.45, 7) is 3.78. The van der Waals surface area contributed by atoms with E-state index in [9.17, 15) is 13.2 Å². The third kappa shape index (κ3) is 2.75. The molecule has 0 aliphatic carbocycles. The second kappa shape index (κ2) is 5.27. The fraction of sp³-hybridized carbons (Fsp3) is 0.188. The first-order chi connectivity index (χ1) is 10.8. The second-order valence-corrected chi connectivity index (χ2v) is 7.16. The van der Waals surface area contributed by atoms with E-state index >= 15 is 0 Å². The Morgan fingerprint density at radius 3 is 2.52 bits per heavy atom. The van der Waals surface area contributed by atoms with Gasteiger partial charge in [0.2, 0.25) is 0 Å². The highest BCUT2D eigenvalue weighted by Gasteiger charge is 2.17. The Hall–Kier alpha value is -2.54. The van der Waals surface area contributed by atoms with Gasteiger partial charge in [0.1, 0.15) is 0 Å². The van der Waals surface area contributed by atoms with Crippen LogP contribution in [0, 0.1) is 13.8 Å². The lowest BCUT2D eigenvalue weighted by molar-refractivity contribution is 0.528. The van der Waals surface area contributed by atoms with Crippen LogP contribution in [0.3, 0.4) is 0 Å². The van der Waals surface area contributed by atoms with Crippen molar-refractivity contribution in [3.05, 3.63) is 58.1 Å². The molecule has 0 bridgehead atoms. The zero-order chi connectivity index (χ0) is 16.8. The summed E-state index contributed by atoms with van der Waals surface area (Å²) in [5.74, 6) is -0.531. The highest BCUT2D eigenvalue weighted by atomic mass is 32.2. The Morgan fingerprint density at radius 1 is 1.09 bits per heavy atom. The van der Waals surface area contributed by atoms with Crippen LogP contribution in [0.25, 0.3) is 11.1 Å². The summed E-state index contributed by atoms with van der Waals surface area (Å²) in [6, 6.07) is 9.79. The number of nitrogens with zero attached hydrogens (tertiary/aromatic N) is 1. The maximum atomic E-state index is 12.6. The number of benzene rings is 2. The molecule has 0 radical (unpaired) electrons. The molecule has 2 aromatic carbocycles. The largest absolute Gasteiger partial charge is 0.419 e. The van der Waals surface area contributed by atoms with Gasteiger partial charge in [-0.05, 0) is 43.7 Å². The van der Waals surface area contributed by atoms with Gasteiger partial charge >= 0.3 is 5.76 Å². The summed E-state index contributed by atoms with van der Waals surface area (Å²) in [5.41, 5.74) is 3.20. The highest BCUT2D eigenvalue weighted by molar-refractivity contribution is 7.92. The minimum Gasteiger partial charge on any atom is -0.408 e. The van der Waals surface area contributed by atoms with Crippen molar-refractivity contribution in [1.29, 1.82) is 0 Å². The quantitative estimate of drug-likeness (QED) is 0.799. The Labute approximate surface area is 133 Å². The molecule has 3 rings (SSSR count). The van der Waals surface area contributed by atoms with E-state index in [0.717, 1.165) is 11.1 Å². The molecule has 6 nitrogen and oxygen atoms in total. The van der Waals surface area contributed by atoms with Gasteiger partial charge in [0.25, 0.3) is 10.0 Å². The summed E-state index contributed by atoms with van der Waals surface area (Å²) < 4.78 is 34.0. The third-order valence-electron chi connectivity index (χ3n) is 3.70. The molecule has 0 unspecified atom stereocenters. The minimum absolute atomic E-state index is 0.0707. The van der Waals surface area contributed by atoms with E-state index in [1.165, 1.54) is 29.8 Å². The molecule has 120 valence electrons. The highest BCUT2D eigenvalue weighted by Crippen LogP contribution is 2.23. The first-order valence-corrected chi connectivity index (χ1v) is 8.46. The second-order valence-electron chi connectivity index (χ2n) is 5.48. The van der Waals surface area contributed by atoms with Gasteiger partial charge in [-0.1, -0.05) is 17.7 Å². The molecular formula is C16H16N2O4S. The molecule has 0 saturated carbocycles. The predicted octanol–water partition coefficient (Wildman–Crippen LogP) is 2.55. The predicted molar refractivity (Wildman–Crippen MR) is 88.2 cm³/mol. The van der Waals surface area contributed by atoms with Crippen molar-refractivity contribution in [3.63, 3.8) is 0 Å². The zero-order valence-electron chi connectivity index (χ0n) is 13.0. The number of oxazole rings is 1. The molecule has 1 aromatic heterocycles. The van der Waals surface area contributed by atoms with Crippen molar-refractivity contribution < 1.29 is 12.8 Å². The van der Waals surface area contributed by atoms with Gasteiger partial charge in [0.05, 0.1) is 16.1 Å². The Bertz CT molecular complexity index is 1060. The number of rotatable bonds is 3. The first kappa shape index (κ1) is 15.4. The molecule has 1 heterocycles. The van der Waals surface area contributed by atoms with Crippen LogP contribution >= 0.6 is 0 Å². The number of nitrogens with one attached hydrogen (secondary N) is 1. The molecular weight excluding hydrogens is 316 g/mol. The van der Waals surface area contributed by atoms with Crippen molar-refractivity contribution in [2.75, 3.05) is 4.72 Å². The lowest BCUT2D eigenvalue weighted by Crippen LogP contribution is -2.14. The van der Waals surface area contributed by atoms with Gasteiger partial charge < -0.3 is 4.42 Å². The molecule has 0 amide bonds. The summed E-state index contributed by atoms with van der Waals surface area (Å²) in [5, 5.41) is 0. The summed E-state index contributed by atoms with van der Waals surface area (Å²) >= 11 is 0. The van der Waals surface area contributed by atoms with Crippen LogP contribution in [0.1, 0.15) is 11.1 Å². The van der Waals surface area contributed by atoms with E-state index in [1.807, 2.05) is 26.0 Å². The van der Waals surface area contributed by atoms with E-state index in [1.54, 1.807) is 6.07 Å². The summed E-state index contributed by atoms with van der Waals surface area (Å²) in [6.07, 6.45) is 0. The van der Waals surface area contributed by atoms with Crippen LogP contribution < -0.4 is 10.5 Å². The SMILES string of the molecule is Cc1ccc(NS(=O)(=O)c2ccc3oc(=O)n(C)c3c2)c(C)c1. The summed E-state index contributed by atoms with van der Waals surface area (Å²) in [7, 11) is -2.22. The molecule has 0 aliphatic heterocycles. The number of aryl methyl sites for hydroxylation is 3. The molecule has 0 saturated heterocycles. The molecule has 1 N–H and O–H groups in total. The monoisotopic (exact) mass is 332 g/mol. The summed E-state index contributed by atoms with van der Waals surface area (Å²) in [4.78, 5) is 11.6. The number of hydrogen-bond acceptors (Lipinski definition) is 4. The van der Waals surface area contributed by atoms with Crippen molar-refractivity contribution >= 4 is 26.8 Å². The standard InChI is InChI=1S/C16H16N2O4S/c1-10-4-6-13(11(2)8-10)17-23(20,21)12-5-7-15-14(9-12)18(3)16(19)22-15/h4-9,17H,1-3H3. The van der Waals surface area contributed by atoms with Crippen molar-refractivity contribution in [2.24, 2.45) is 7.05 Å². The average molecular weight is 332 g/mol. The van der Waals surface area contributed by atoms with Crippen LogP contribution in [0.4, 0.5) is 5.69 Å². The lowest BCUT2D eigenvalue weighted by Gasteiger charge is -2.11. The van der Waals surface area contributed by atoms with Crippen LogP contribution in [0.5, 0.6) is 0 Å². The maximum Gasteiger partial charge on any atom is 0.419 e. The van der Waals surface area contributed by atoms with Gasteiger partial charge in [-0.2, -0.15) is 0 Å². The topological polar surface area (TPSA) is 81.3 Å². The normalized spacial score (nSPS) is 11.8. The van der Waals surface area contributed by atoms with E-state index in [0.29, 0.717) is 16.8 Å². The van der Waals surface area contributed by atoms with E-state index in [2.05, 4.69) is 4.72 Å². The molecule has 0 atom stereocenters. The van der Waals surface area contributed by atoms with E-state index in [-0.39, 0.29) is 4.90 Å². The number of sulfonamides is 1. The Kier molecular flexibility index (Phi) is 3.52. The van der Waals surface area contributed by atoms with Crippen molar-refractivity contribution in [2.45, 2.75) is 18.7 Å². The fourth-order valence-electron chi connectivity index (χ4n) is 2.41. The minimum atomic E-state index is -3.75. The third-order valence-corrected chi connectivity index (χ3v) is 5.06. The molecule has 3 aromatic rings. The van der Waals surface area contributed by atoms with Crippen molar-refractivity contribution in [3.8, 4) is 0 Å².